The number of likely N-dealkylation sites (tertiary alicyclic amines) is 2. The number of aromatic nitrogens is 1. The molecule has 3 aliphatic rings. The number of hydrogen-bond acceptors (Lipinski definition) is 5. The average molecular weight is 667 g/mol. The van der Waals surface area contributed by atoms with Gasteiger partial charge in [0.15, 0.2) is 0 Å². The number of hydrogen-bond donors (Lipinski definition) is 1. The number of rotatable bonds is 4. The van der Waals surface area contributed by atoms with Crippen molar-refractivity contribution in [2.24, 2.45) is 17.6 Å². The Morgan fingerprint density at radius 3 is 2.34 bits per heavy atom. The quantitative estimate of drug-likeness (QED) is 0.486. The Hall–Kier alpha value is -1.81. The molecule has 2 amide bonds. The maximum Gasteiger partial charge on any atom is 0.311 e. The summed E-state index contributed by atoms with van der Waals surface area (Å²) in [6, 6.07) is 6.30. The fourth-order valence-corrected chi connectivity index (χ4v) is 7.88. The predicted octanol–water partition coefficient (Wildman–Crippen LogP) is 4.50. The fourth-order valence-electron chi connectivity index (χ4n) is 6.38. The molecule has 2 aromatic rings. The Labute approximate surface area is 244 Å². The van der Waals surface area contributed by atoms with E-state index in [9.17, 15) is 14.4 Å². The number of aryl methyl sites for hydroxylation is 2. The molecule has 0 radical (unpaired) electrons. The van der Waals surface area contributed by atoms with Gasteiger partial charge >= 0.3 is 11.8 Å². The molecule has 2 saturated heterocycles. The highest BCUT2D eigenvalue weighted by Crippen LogP contribution is 2.46. The molecule has 38 heavy (non-hydrogen) atoms. The predicted molar refractivity (Wildman–Crippen MR) is 153 cm³/mol. The number of carbonyl (C=O) groups excluding carboxylic acids is 3. The number of nitrogens with zero attached hydrogens (tertiary/aromatic N) is 3. The van der Waals surface area contributed by atoms with E-state index in [1.165, 1.54) is 21.6 Å². The highest BCUT2D eigenvalue weighted by molar-refractivity contribution is 9.10. The van der Waals surface area contributed by atoms with Gasteiger partial charge in [0.2, 0.25) is 0 Å². The number of primary amides is 1. The van der Waals surface area contributed by atoms with Gasteiger partial charge in [-0.25, -0.2) is 0 Å². The topological polar surface area (TPSA) is 96.6 Å². The number of nitrogens with two attached hydrogens (primary N) is 1. The van der Waals surface area contributed by atoms with Crippen molar-refractivity contribution in [3.05, 3.63) is 60.7 Å². The average Bonchev–Trinajstić information content (AvgIpc) is 3.05. The standard InChI is InChI=1S/C28H31Br2ClN4O3/c29-20-11-19-2-1-18-12-21(31)13-22(30)24(18)25(26(19)33-14-20)17-3-7-34(8-4-17)15-23(36)16-5-9-35(10-6-16)28(38)27(32)37/h11-14,16-17,25H,1-10,15H2,(H2,32,37)/t25-/m1/s1. The largest absolute Gasteiger partial charge is 0.361 e. The van der Waals surface area contributed by atoms with E-state index in [1.54, 1.807) is 0 Å². The molecule has 10 heteroatoms. The first-order chi connectivity index (χ1) is 18.2. The summed E-state index contributed by atoms with van der Waals surface area (Å²) in [4.78, 5) is 44.7. The molecule has 5 rings (SSSR count). The first-order valence-corrected chi connectivity index (χ1v) is 15.1. The number of fused-ring (bicyclic) bond motifs is 2. The van der Waals surface area contributed by atoms with Crippen molar-refractivity contribution in [2.45, 2.75) is 44.4 Å². The molecule has 1 aromatic carbocycles. The van der Waals surface area contributed by atoms with Gasteiger partial charge in [0, 0.05) is 45.1 Å². The Morgan fingerprint density at radius 1 is 0.974 bits per heavy atom. The lowest BCUT2D eigenvalue weighted by Gasteiger charge is -2.37. The summed E-state index contributed by atoms with van der Waals surface area (Å²) in [5, 5.41) is 0.743. The Bertz CT molecular complexity index is 1260. The van der Waals surface area contributed by atoms with Crippen molar-refractivity contribution < 1.29 is 14.4 Å². The molecule has 0 spiro atoms. The van der Waals surface area contributed by atoms with Gasteiger partial charge in [-0.3, -0.25) is 24.3 Å². The summed E-state index contributed by atoms with van der Waals surface area (Å²) >= 11 is 13.9. The molecule has 2 aliphatic heterocycles. The van der Waals surface area contributed by atoms with Crippen LogP contribution in [-0.4, -0.2) is 65.1 Å². The normalized spacial score (nSPS) is 20.9. The fraction of sp³-hybridized carbons (Fsp3) is 0.500. The summed E-state index contributed by atoms with van der Waals surface area (Å²) in [7, 11) is 0. The van der Waals surface area contributed by atoms with Gasteiger partial charge in [0.1, 0.15) is 5.78 Å². The number of pyridine rings is 1. The van der Waals surface area contributed by atoms with E-state index >= 15 is 0 Å². The van der Waals surface area contributed by atoms with E-state index in [0.717, 1.165) is 58.4 Å². The molecule has 7 nitrogen and oxygen atoms in total. The maximum atomic E-state index is 13.1. The highest BCUT2D eigenvalue weighted by atomic mass is 79.9. The van der Waals surface area contributed by atoms with E-state index in [0.29, 0.717) is 38.4 Å². The minimum Gasteiger partial charge on any atom is -0.361 e. The monoisotopic (exact) mass is 664 g/mol. The summed E-state index contributed by atoms with van der Waals surface area (Å²) in [5.41, 5.74) is 10.1. The second-order valence-corrected chi connectivity index (χ2v) is 12.9. The summed E-state index contributed by atoms with van der Waals surface area (Å²) in [6.45, 7) is 2.96. The van der Waals surface area contributed by atoms with Crippen molar-refractivity contribution in [1.29, 1.82) is 0 Å². The van der Waals surface area contributed by atoms with Gasteiger partial charge in [0.25, 0.3) is 0 Å². The number of piperidine rings is 2. The molecule has 0 unspecified atom stereocenters. The van der Waals surface area contributed by atoms with Gasteiger partial charge in [-0.15, -0.1) is 0 Å². The molecule has 202 valence electrons. The van der Waals surface area contributed by atoms with Crippen molar-refractivity contribution in [2.75, 3.05) is 32.7 Å². The van der Waals surface area contributed by atoms with Crippen LogP contribution in [0.1, 0.15) is 54.0 Å². The van der Waals surface area contributed by atoms with Gasteiger partial charge in [0.05, 0.1) is 12.2 Å². The van der Waals surface area contributed by atoms with Crippen LogP contribution in [-0.2, 0) is 27.2 Å². The number of amides is 2. The first-order valence-electron chi connectivity index (χ1n) is 13.2. The Balaban J connectivity index is 1.26. The molecule has 1 aliphatic carbocycles. The van der Waals surface area contributed by atoms with Crippen LogP contribution in [0.4, 0.5) is 0 Å². The van der Waals surface area contributed by atoms with Gasteiger partial charge in [-0.05, 0) is 108 Å². The second kappa shape index (κ2) is 11.7. The summed E-state index contributed by atoms with van der Waals surface area (Å²) in [5.74, 6) is -0.861. The van der Waals surface area contributed by atoms with Crippen molar-refractivity contribution in [3.8, 4) is 0 Å². The minimum atomic E-state index is -0.936. The molecule has 1 aromatic heterocycles. The molecular formula is C28H31Br2ClN4O3. The zero-order valence-electron chi connectivity index (χ0n) is 21.1. The van der Waals surface area contributed by atoms with Crippen LogP contribution in [0.3, 0.4) is 0 Å². The van der Waals surface area contributed by atoms with E-state index in [1.807, 2.05) is 12.3 Å². The zero-order chi connectivity index (χ0) is 27.0. The van der Waals surface area contributed by atoms with Crippen LogP contribution in [0.5, 0.6) is 0 Å². The van der Waals surface area contributed by atoms with Crippen LogP contribution in [0.25, 0.3) is 0 Å². The second-order valence-electron chi connectivity index (χ2n) is 10.6. The van der Waals surface area contributed by atoms with Gasteiger partial charge < -0.3 is 10.6 Å². The SMILES string of the molecule is NC(=O)C(=O)N1CCC(C(=O)CN2CCC([C@H]3c4ncc(Br)cc4CCc4cc(Cl)cc(Br)c43)CC2)CC1. The van der Waals surface area contributed by atoms with E-state index in [-0.39, 0.29) is 17.6 Å². The molecule has 2 fully saturated rings. The minimum absolute atomic E-state index is 0.0754. The first kappa shape index (κ1) is 27.7. The van der Waals surface area contributed by atoms with Crippen LogP contribution in [0, 0.1) is 11.8 Å². The smallest absolute Gasteiger partial charge is 0.311 e. The molecule has 0 bridgehead atoms. The third-order valence-corrected chi connectivity index (χ3v) is 9.66. The summed E-state index contributed by atoms with van der Waals surface area (Å²) < 4.78 is 2.04. The van der Waals surface area contributed by atoms with Gasteiger partial charge in [-0.2, -0.15) is 0 Å². The van der Waals surface area contributed by atoms with Crippen molar-refractivity contribution in [1.82, 2.24) is 14.8 Å². The van der Waals surface area contributed by atoms with E-state index in [2.05, 4.69) is 48.9 Å². The van der Waals surface area contributed by atoms with Crippen LogP contribution < -0.4 is 5.73 Å². The third kappa shape index (κ3) is 5.86. The van der Waals surface area contributed by atoms with Crippen LogP contribution >= 0.6 is 43.5 Å². The van der Waals surface area contributed by atoms with E-state index in [4.69, 9.17) is 22.3 Å². The molecule has 0 saturated carbocycles. The lowest BCUT2D eigenvalue weighted by atomic mass is 9.76. The van der Waals surface area contributed by atoms with Crippen LogP contribution in [0.2, 0.25) is 5.02 Å². The Morgan fingerprint density at radius 2 is 1.66 bits per heavy atom. The highest BCUT2D eigenvalue weighted by Gasteiger charge is 2.36. The van der Waals surface area contributed by atoms with Crippen molar-refractivity contribution >= 4 is 61.1 Å². The maximum absolute atomic E-state index is 13.1. The number of carbonyl (C=O) groups is 3. The molecule has 2 N–H and O–H groups in total. The number of halogens is 3. The molecule has 3 heterocycles. The van der Waals surface area contributed by atoms with Crippen molar-refractivity contribution in [3.63, 3.8) is 0 Å². The Kier molecular flexibility index (Phi) is 8.57. The third-order valence-electron chi connectivity index (χ3n) is 8.35. The van der Waals surface area contributed by atoms with Crippen LogP contribution in [0.15, 0.2) is 33.3 Å². The zero-order valence-corrected chi connectivity index (χ0v) is 25.0. The number of ketones is 1. The lowest BCUT2D eigenvalue weighted by molar-refractivity contribution is -0.145. The molecular weight excluding hydrogens is 636 g/mol. The lowest BCUT2D eigenvalue weighted by Crippen LogP contribution is -2.47. The number of Topliss-reactive ketones (excluding diaryl/α,β-unsaturated/α-hetero) is 1. The van der Waals surface area contributed by atoms with Gasteiger partial charge in [-0.1, -0.05) is 27.5 Å². The number of benzene rings is 1. The molecule has 1 atom stereocenters. The summed E-state index contributed by atoms with van der Waals surface area (Å²) in [6.07, 6.45) is 6.88. The van der Waals surface area contributed by atoms with E-state index < -0.39 is 11.8 Å².